The van der Waals surface area contributed by atoms with Crippen LogP contribution in [-0.4, -0.2) is 11.1 Å². The fourth-order valence-electron chi connectivity index (χ4n) is 0.337. The van der Waals surface area contributed by atoms with E-state index >= 15 is 0 Å². The van der Waals surface area contributed by atoms with Gasteiger partial charge in [-0.2, -0.15) is 5.92 Å². The number of aliphatic carboxylic acids is 1. The number of carboxylic acid groups (broad SMARTS) is 1. The number of carbonyl (C=O) groups is 1. The molecule has 3 heteroatoms. The Hall–Kier alpha value is 1.28. The minimum atomic E-state index is -0.751. The molecule has 0 rings (SSSR count). The van der Waals surface area contributed by atoms with Crippen molar-refractivity contribution in [3.8, 4) is 0 Å². The van der Waals surface area contributed by atoms with E-state index in [0.29, 0.717) is 5.92 Å². The largest absolute Gasteiger partial charge is 1.00 e. The quantitative estimate of drug-likeness (QED) is 0.553. The average Bonchev–Trinajstić information content (AvgIpc) is 1.61. The van der Waals surface area contributed by atoms with E-state index in [-0.39, 0.29) is 64.6 Å². The van der Waals surface area contributed by atoms with Gasteiger partial charge in [0.15, 0.2) is 0 Å². The van der Waals surface area contributed by atoms with Gasteiger partial charge in [0.2, 0.25) is 0 Å². The van der Waals surface area contributed by atoms with Crippen LogP contribution in [0, 0.1) is 12.3 Å². The molecule has 0 bridgehead atoms. The summed E-state index contributed by atoms with van der Waals surface area (Å²) in [5, 5.41) is 8.13. The second-order valence-corrected chi connectivity index (χ2v) is 2.08. The summed E-state index contributed by atoms with van der Waals surface area (Å²) in [5.74, 6) is -0.371. The van der Waals surface area contributed by atoms with Crippen LogP contribution in [0.2, 0.25) is 0 Å². The molecule has 0 spiro atoms. The van der Waals surface area contributed by atoms with Crippen molar-refractivity contribution in [1.82, 2.24) is 0 Å². The van der Waals surface area contributed by atoms with Gasteiger partial charge in [-0.25, -0.2) is 0 Å². The summed E-state index contributed by atoms with van der Waals surface area (Å²) < 4.78 is 0. The Labute approximate surface area is 105 Å². The Morgan fingerprint density at radius 2 is 2.11 bits per heavy atom. The molecular weight excluding hydrogens is 190 g/mol. The maximum absolute atomic E-state index is 9.87. The van der Waals surface area contributed by atoms with E-state index in [1.807, 2.05) is 13.8 Å². The SMILES string of the molecule is CC(C)[CH-]CC(=O)O.[Rb+]. The van der Waals surface area contributed by atoms with Crippen LogP contribution < -0.4 is 58.2 Å². The molecule has 0 aliphatic heterocycles. The third kappa shape index (κ3) is 12.5. The molecule has 1 N–H and O–H groups in total. The normalized spacial score (nSPS) is 8.78. The smallest absolute Gasteiger partial charge is 0.483 e. The zero-order chi connectivity index (χ0) is 6.57. The minimum absolute atomic E-state index is 0. The molecule has 0 heterocycles. The molecule has 0 fully saturated rings. The van der Waals surface area contributed by atoms with E-state index in [4.69, 9.17) is 5.11 Å². The summed E-state index contributed by atoms with van der Waals surface area (Å²) in [7, 11) is 0. The van der Waals surface area contributed by atoms with Crippen LogP contribution in [0.25, 0.3) is 0 Å². The maximum Gasteiger partial charge on any atom is 1.00 e. The summed E-state index contributed by atoms with van der Waals surface area (Å²) in [6.07, 6.45) is 1.94. The second-order valence-electron chi connectivity index (χ2n) is 2.08. The molecule has 2 nitrogen and oxygen atoms in total. The zero-order valence-corrected chi connectivity index (χ0v) is 11.1. The van der Waals surface area contributed by atoms with Gasteiger partial charge in [0, 0.05) is 0 Å². The molecular formula is C6H11O2Rb. The molecule has 0 saturated heterocycles. The summed E-state index contributed by atoms with van der Waals surface area (Å²) in [6.45, 7) is 3.92. The van der Waals surface area contributed by atoms with E-state index in [0.717, 1.165) is 0 Å². The van der Waals surface area contributed by atoms with Gasteiger partial charge in [0.05, 0.1) is 0 Å². The molecule has 0 aromatic carbocycles. The van der Waals surface area contributed by atoms with E-state index < -0.39 is 5.97 Å². The Morgan fingerprint density at radius 1 is 1.67 bits per heavy atom. The topological polar surface area (TPSA) is 37.3 Å². The summed E-state index contributed by atoms with van der Waals surface area (Å²) in [6, 6.07) is 0. The van der Waals surface area contributed by atoms with E-state index in [2.05, 4.69) is 0 Å². The maximum atomic E-state index is 9.87. The number of hydrogen-bond donors (Lipinski definition) is 1. The second kappa shape index (κ2) is 7.38. The third-order valence-corrected chi connectivity index (χ3v) is 0.764. The Morgan fingerprint density at radius 3 is 2.22 bits per heavy atom. The van der Waals surface area contributed by atoms with Crippen molar-refractivity contribution in [2.45, 2.75) is 20.3 Å². The molecule has 0 aliphatic rings. The van der Waals surface area contributed by atoms with Gasteiger partial charge < -0.3 is 11.5 Å². The van der Waals surface area contributed by atoms with Crippen LogP contribution in [0.5, 0.6) is 0 Å². The summed E-state index contributed by atoms with van der Waals surface area (Å²) in [5.41, 5.74) is 0. The minimum Gasteiger partial charge on any atom is -0.483 e. The molecule has 0 aliphatic carbocycles. The molecule has 0 radical (unpaired) electrons. The van der Waals surface area contributed by atoms with Crippen LogP contribution in [0.15, 0.2) is 0 Å². The molecule has 0 aromatic rings. The monoisotopic (exact) mass is 200 g/mol. The molecule has 0 unspecified atom stereocenters. The van der Waals surface area contributed by atoms with Gasteiger partial charge in [-0.15, -0.1) is 0 Å². The van der Waals surface area contributed by atoms with Gasteiger partial charge in [0.25, 0.3) is 5.97 Å². The average molecular weight is 201 g/mol. The van der Waals surface area contributed by atoms with Crippen LogP contribution in [-0.2, 0) is 4.79 Å². The van der Waals surface area contributed by atoms with Crippen LogP contribution in [0.1, 0.15) is 20.3 Å². The first-order valence-corrected chi connectivity index (χ1v) is 2.68. The van der Waals surface area contributed by atoms with Gasteiger partial charge in [-0.05, 0) is 0 Å². The molecule has 0 aromatic heterocycles. The van der Waals surface area contributed by atoms with E-state index in [1.165, 1.54) is 0 Å². The van der Waals surface area contributed by atoms with Crippen LogP contribution in [0.3, 0.4) is 0 Å². The van der Waals surface area contributed by atoms with Gasteiger partial charge in [-0.1, -0.05) is 20.3 Å². The summed E-state index contributed by atoms with van der Waals surface area (Å²) in [4.78, 5) is 9.87. The van der Waals surface area contributed by atoms with Crippen molar-refractivity contribution in [3.05, 3.63) is 6.42 Å². The molecule has 0 saturated carbocycles. The predicted octanol–water partition coefficient (Wildman–Crippen LogP) is -1.67. The van der Waals surface area contributed by atoms with Crippen molar-refractivity contribution in [3.63, 3.8) is 0 Å². The van der Waals surface area contributed by atoms with E-state index in [9.17, 15) is 4.79 Å². The third-order valence-electron chi connectivity index (χ3n) is 0.764. The molecule has 9 heavy (non-hydrogen) atoms. The number of rotatable bonds is 3. The van der Waals surface area contributed by atoms with E-state index in [1.54, 1.807) is 6.42 Å². The van der Waals surface area contributed by atoms with Crippen molar-refractivity contribution >= 4 is 5.97 Å². The number of carboxylic acids is 1. The number of hydrogen-bond acceptors (Lipinski definition) is 1. The van der Waals surface area contributed by atoms with Gasteiger partial charge >= 0.3 is 58.2 Å². The zero-order valence-electron chi connectivity index (χ0n) is 6.22. The van der Waals surface area contributed by atoms with Crippen LogP contribution in [0.4, 0.5) is 0 Å². The van der Waals surface area contributed by atoms with Crippen LogP contribution >= 0.6 is 0 Å². The molecule has 0 atom stereocenters. The summed E-state index contributed by atoms with van der Waals surface area (Å²) >= 11 is 0. The Kier molecular flexibility index (Phi) is 10.6. The molecule has 48 valence electrons. The Bertz CT molecular complexity index is 81.1. The fourth-order valence-corrected chi connectivity index (χ4v) is 0.337. The van der Waals surface area contributed by atoms with Crippen molar-refractivity contribution < 1.29 is 68.1 Å². The first kappa shape index (κ1) is 12.9. The first-order valence-electron chi connectivity index (χ1n) is 2.68. The predicted molar refractivity (Wildman–Crippen MR) is 31.4 cm³/mol. The van der Waals surface area contributed by atoms with Crippen molar-refractivity contribution in [2.24, 2.45) is 5.92 Å². The standard InChI is InChI=1S/C6H11O2.Rb/c1-5(2)3-4-6(7)8;/h3,5H,4H2,1-2H3,(H,7,8);/q-1;+1. The molecule has 0 amide bonds. The fraction of sp³-hybridized carbons (Fsp3) is 0.667. The Balaban J connectivity index is 0. The van der Waals surface area contributed by atoms with Gasteiger partial charge in [0.1, 0.15) is 0 Å². The van der Waals surface area contributed by atoms with Crippen molar-refractivity contribution in [2.75, 3.05) is 0 Å². The first-order chi connectivity index (χ1) is 3.63. The van der Waals surface area contributed by atoms with Crippen molar-refractivity contribution in [1.29, 1.82) is 0 Å². The van der Waals surface area contributed by atoms with Gasteiger partial charge in [-0.3, -0.25) is 4.79 Å².